The number of carbonyl (C=O) groups excluding carboxylic acids is 1. The molecule has 0 fully saturated rings. The monoisotopic (exact) mass is 391 g/mol. The number of hydrogen-bond donors (Lipinski definition) is 1. The molecule has 28 heavy (non-hydrogen) atoms. The van der Waals surface area contributed by atoms with Gasteiger partial charge in [0.05, 0.1) is 22.8 Å². The number of nitrogens with one attached hydrogen (secondary N) is 1. The van der Waals surface area contributed by atoms with Gasteiger partial charge in [-0.3, -0.25) is 9.48 Å². The Kier molecular flexibility index (Phi) is 3.94. The Balaban J connectivity index is 1.58. The van der Waals surface area contributed by atoms with Gasteiger partial charge in [-0.2, -0.15) is 5.10 Å². The number of para-hydroxylation sites is 1. The zero-order valence-corrected chi connectivity index (χ0v) is 16.0. The molecule has 0 saturated carbocycles. The van der Waals surface area contributed by atoms with E-state index in [9.17, 15) is 4.79 Å². The molecule has 1 aliphatic heterocycles. The molecule has 0 radical (unpaired) electrons. The molecule has 0 unspecified atom stereocenters. The Hall–Kier alpha value is -3.12. The molecule has 1 amide bonds. The third-order valence-electron chi connectivity index (χ3n) is 5.29. The molecule has 0 bridgehead atoms. The Bertz CT molecular complexity index is 1190. The highest BCUT2D eigenvalue weighted by molar-refractivity contribution is 6.35. The second-order valence-electron chi connectivity index (χ2n) is 7.09. The Labute approximate surface area is 166 Å². The van der Waals surface area contributed by atoms with Crippen molar-refractivity contribution in [1.29, 1.82) is 0 Å². The van der Waals surface area contributed by atoms with Gasteiger partial charge in [0, 0.05) is 25.4 Å². The van der Waals surface area contributed by atoms with Crippen LogP contribution in [0, 0.1) is 0 Å². The van der Waals surface area contributed by atoms with Gasteiger partial charge < -0.3 is 9.88 Å². The lowest BCUT2D eigenvalue weighted by Crippen LogP contribution is -2.39. The van der Waals surface area contributed by atoms with E-state index in [4.69, 9.17) is 11.6 Å². The standard InChI is InChI=1S/C21H18ClN5O/c1-26-11-15(10-23-26)18-9-13-5-2-3-6-14(13)12-27(18)21(28)20-24-17-8-4-7-16(22)19(17)25-20/h2-8,10-11,18H,9,12H2,1H3,(H,24,25)/t18-/m1/s1. The average molecular weight is 392 g/mol. The fourth-order valence-corrected chi connectivity index (χ4v) is 4.10. The summed E-state index contributed by atoms with van der Waals surface area (Å²) in [5.41, 5.74) is 4.80. The Morgan fingerprint density at radius 3 is 2.75 bits per heavy atom. The molecule has 3 heterocycles. The third kappa shape index (κ3) is 2.77. The number of hydrogen-bond acceptors (Lipinski definition) is 3. The summed E-state index contributed by atoms with van der Waals surface area (Å²) in [5.74, 6) is 0.159. The number of rotatable bonds is 2. The van der Waals surface area contributed by atoms with Crippen LogP contribution < -0.4 is 0 Å². The van der Waals surface area contributed by atoms with Crippen LogP contribution in [0.2, 0.25) is 5.02 Å². The molecule has 7 heteroatoms. The summed E-state index contributed by atoms with van der Waals surface area (Å²) in [4.78, 5) is 22.9. The van der Waals surface area contributed by atoms with E-state index in [-0.39, 0.29) is 11.9 Å². The summed E-state index contributed by atoms with van der Waals surface area (Å²) >= 11 is 6.24. The number of benzene rings is 2. The summed E-state index contributed by atoms with van der Waals surface area (Å²) in [5, 5.41) is 4.83. The number of imidazole rings is 1. The maximum Gasteiger partial charge on any atom is 0.290 e. The van der Waals surface area contributed by atoms with Crippen LogP contribution in [0.3, 0.4) is 0 Å². The lowest BCUT2D eigenvalue weighted by Gasteiger charge is -2.36. The van der Waals surface area contributed by atoms with Crippen LogP contribution in [-0.2, 0) is 20.0 Å². The van der Waals surface area contributed by atoms with Crippen LogP contribution in [0.4, 0.5) is 0 Å². The zero-order chi connectivity index (χ0) is 19.3. The predicted octanol–water partition coefficient (Wildman–Crippen LogP) is 3.89. The summed E-state index contributed by atoms with van der Waals surface area (Å²) in [7, 11) is 1.88. The number of halogens is 1. The van der Waals surface area contributed by atoms with Crippen molar-refractivity contribution in [3.05, 3.63) is 82.4 Å². The minimum atomic E-state index is -0.143. The fraction of sp³-hybridized carbons (Fsp3) is 0.190. The normalized spacial score (nSPS) is 16.4. The maximum absolute atomic E-state index is 13.4. The molecular formula is C21H18ClN5O. The van der Waals surface area contributed by atoms with Gasteiger partial charge in [-0.15, -0.1) is 0 Å². The summed E-state index contributed by atoms with van der Waals surface area (Å²) in [6.07, 6.45) is 4.54. The summed E-state index contributed by atoms with van der Waals surface area (Å²) < 4.78 is 1.76. The van der Waals surface area contributed by atoms with Crippen molar-refractivity contribution in [3.8, 4) is 0 Å². The SMILES string of the molecule is Cn1cc([C@H]2Cc3ccccc3CN2C(=O)c2nc3c(Cl)cccc3[nH]2)cn1. The van der Waals surface area contributed by atoms with E-state index in [0.717, 1.165) is 23.1 Å². The molecule has 0 aliphatic carbocycles. The molecule has 4 aromatic rings. The first-order valence-corrected chi connectivity index (χ1v) is 9.48. The van der Waals surface area contributed by atoms with Gasteiger partial charge in [0.15, 0.2) is 5.82 Å². The van der Waals surface area contributed by atoms with Crippen LogP contribution in [0.15, 0.2) is 54.9 Å². The molecule has 0 saturated heterocycles. The first kappa shape index (κ1) is 17.0. The number of carbonyl (C=O) groups is 1. The highest BCUT2D eigenvalue weighted by Gasteiger charge is 2.33. The van der Waals surface area contributed by atoms with Gasteiger partial charge in [0.1, 0.15) is 5.52 Å². The predicted molar refractivity (Wildman–Crippen MR) is 107 cm³/mol. The molecule has 6 nitrogen and oxygen atoms in total. The van der Waals surface area contributed by atoms with Gasteiger partial charge >= 0.3 is 0 Å². The Morgan fingerprint density at radius 2 is 2.00 bits per heavy atom. The molecule has 2 aromatic heterocycles. The lowest BCUT2D eigenvalue weighted by molar-refractivity contribution is 0.0626. The minimum absolute atomic E-state index is 0.0974. The molecular weight excluding hydrogens is 374 g/mol. The Morgan fingerprint density at radius 1 is 1.18 bits per heavy atom. The highest BCUT2D eigenvalue weighted by Crippen LogP contribution is 2.34. The van der Waals surface area contributed by atoms with Crippen LogP contribution >= 0.6 is 11.6 Å². The van der Waals surface area contributed by atoms with Crippen molar-refractivity contribution in [2.24, 2.45) is 7.05 Å². The topological polar surface area (TPSA) is 66.8 Å². The summed E-state index contributed by atoms with van der Waals surface area (Å²) in [6, 6.07) is 13.6. The number of aromatic amines is 1. The van der Waals surface area contributed by atoms with E-state index in [1.54, 1.807) is 10.7 Å². The third-order valence-corrected chi connectivity index (χ3v) is 5.59. The lowest BCUT2D eigenvalue weighted by atomic mass is 9.91. The number of aryl methyl sites for hydroxylation is 1. The largest absolute Gasteiger partial charge is 0.334 e. The molecule has 1 atom stereocenters. The first-order valence-electron chi connectivity index (χ1n) is 9.10. The van der Waals surface area contributed by atoms with Gasteiger partial charge in [-0.25, -0.2) is 4.98 Å². The highest BCUT2D eigenvalue weighted by atomic mass is 35.5. The van der Waals surface area contributed by atoms with E-state index >= 15 is 0 Å². The van der Waals surface area contributed by atoms with Crippen molar-refractivity contribution in [2.45, 2.75) is 19.0 Å². The molecule has 5 rings (SSSR count). The van der Waals surface area contributed by atoms with E-state index in [1.165, 1.54) is 5.56 Å². The first-order chi connectivity index (χ1) is 13.6. The van der Waals surface area contributed by atoms with Gasteiger partial charge in [0.25, 0.3) is 5.91 Å². The molecule has 1 N–H and O–H groups in total. The molecule has 0 spiro atoms. The van der Waals surface area contributed by atoms with Crippen LogP contribution in [0.25, 0.3) is 11.0 Å². The smallest absolute Gasteiger partial charge is 0.290 e. The van der Waals surface area contributed by atoms with Crippen molar-refractivity contribution in [3.63, 3.8) is 0 Å². The van der Waals surface area contributed by atoms with E-state index in [1.807, 2.05) is 48.6 Å². The van der Waals surface area contributed by atoms with Crippen LogP contribution in [0.5, 0.6) is 0 Å². The second kappa shape index (κ2) is 6.49. The number of amides is 1. The number of nitrogens with zero attached hydrogens (tertiary/aromatic N) is 4. The van der Waals surface area contributed by atoms with E-state index in [0.29, 0.717) is 22.9 Å². The second-order valence-corrected chi connectivity index (χ2v) is 7.50. The van der Waals surface area contributed by atoms with E-state index < -0.39 is 0 Å². The molecule has 2 aromatic carbocycles. The van der Waals surface area contributed by atoms with Gasteiger partial charge in [-0.1, -0.05) is 41.9 Å². The van der Waals surface area contributed by atoms with Crippen molar-refractivity contribution < 1.29 is 4.79 Å². The number of H-pyrrole nitrogens is 1. The van der Waals surface area contributed by atoms with Crippen molar-refractivity contribution in [1.82, 2.24) is 24.6 Å². The van der Waals surface area contributed by atoms with Gasteiger partial charge in [-0.05, 0) is 29.7 Å². The fourth-order valence-electron chi connectivity index (χ4n) is 3.88. The van der Waals surface area contributed by atoms with E-state index in [2.05, 4.69) is 27.2 Å². The quantitative estimate of drug-likeness (QED) is 0.563. The molecule has 1 aliphatic rings. The summed E-state index contributed by atoms with van der Waals surface area (Å²) in [6.45, 7) is 0.527. The van der Waals surface area contributed by atoms with Crippen LogP contribution in [0.1, 0.15) is 33.4 Å². The van der Waals surface area contributed by atoms with Crippen molar-refractivity contribution in [2.75, 3.05) is 0 Å². The van der Waals surface area contributed by atoms with Crippen molar-refractivity contribution >= 4 is 28.5 Å². The number of aromatic nitrogens is 4. The average Bonchev–Trinajstić information content (AvgIpc) is 3.33. The molecule has 140 valence electrons. The minimum Gasteiger partial charge on any atom is -0.334 e. The number of fused-ring (bicyclic) bond motifs is 2. The maximum atomic E-state index is 13.4. The zero-order valence-electron chi connectivity index (χ0n) is 15.3. The van der Waals surface area contributed by atoms with Crippen LogP contribution in [-0.4, -0.2) is 30.6 Å². The van der Waals surface area contributed by atoms with Gasteiger partial charge in [0.2, 0.25) is 0 Å².